The first kappa shape index (κ1) is 11.5. The highest BCUT2D eigenvalue weighted by Crippen LogP contribution is 2.09. The molecule has 0 radical (unpaired) electrons. The zero-order valence-corrected chi connectivity index (χ0v) is 9.33. The Morgan fingerprint density at radius 2 is 1.93 bits per heavy atom. The van der Waals surface area contributed by atoms with Crippen molar-refractivity contribution in [2.45, 2.75) is 20.8 Å². The summed E-state index contributed by atoms with van der Waals surface area (Å²) in [6, 6.07) is 0. The second-order valence-electron chi connectivity index (χ2n) is 3.41. The average Bonchev–Trinajstić information content (AvgIpc) is 2.17. The summed E-state index contributed by atoms with van der Waals surface area (Å²) >= 11 is 0. The minimum Gasteiger partial charge on any atom is -0.377 e. The van der Waals surface area contributed by atoms with Crippen LogP contribution in [0.5, 0.6) is 0 Å². The van der Waals surface area contributed by atoms with Crippen LogP contribution >= 0.6 is 0 Å². The molecule has 0 spiro atoms. The highest BCUT2D eigenvalue weighted by atomic mass is 16.2. The van der Waals surface area contributed by atoms with E-state index in [1.807, 2.05) is 18.7 Å². The van der Waals surface area contributed by atoms with Crippen molar-refractivity contribution in [3.05, 3.63) is 23.5 Å². The van der Waals surface area contributed by atoms with E-state index in [9.17, 15) is 9.59 Å². The third kappa shape index (κ3) is 2.68. The molecule has 82 valence electrons. The van der Waals surface area contributed by atoms with Crippen LogP contribution in [-0.4, -0.2) is 29.7 Å². The first-order valence-electron chi connectivity index (χ1n) is 5.08. The molecule has 1 N–H and O–H groups in total. The molecule has 0 aromatic rings. The average molecular weight is 208 g/mol. The second kappa shape index (κ2) is 4.77. The van der Waals surface area contributed by atoms with Gasteiger partial charge >= 0.3 is 0 Å². The van der Waals surface area contributed by atoms with Crippen molar-refractivity contribution in [3.63, 3.8) is 0 Å². The number of carbonyl (C=O) groups is 2. The Bertz CT molecular complexity index is 338. The molecule has 0 aromatic heterocycles. The number of rotatable bonds is 3. The Kier molecular flexibility index (Phi) is 3.66. The summed E-state index contributed by atoms with van der Waals surface area (Å²) in [6.45, 7) is 7.22. The third-order valence-corrected chi connectivity index (χ3v) is 2.29. The molecule has 0 bridgehead atoms. The number of hydrogen-bond acceptors (Lipinski definition) is 3. The third-order valence-electron chi connectivity index (χ3n) is 2.29. The molecule has 1 rings (SSSR count). The number of amides is 1. The molecule has 1 heterocycles. The van der Waals surface area contributed by atoms with Crippen LogP contribution in [-0.2, 0) is 9.59 Å². The molecule has 0 aromatic carbocycles. The minimum absolute atomic E-state index is 0.212. The normalized spacial score (nSPS) is 18.9. The van der Waals surface area contributed by atoms with Gasteiger partial charge < -0.3 is 10.2 Å². The van der Waals surface area contributed by atoms with E-state index in [2.05, 4.69) is 5.32 Å². The fourth-order valence-electron chi connectivity index (χ4n) is 1.38. The largest absolute Gasteiger partial charge is 0.377 e. The van der Waals surface area contributed by atoms with Gasteiger partial charge in [0.15, 0.2) is 5.78 Å². The molecule has 0 fully saturated rings. The standard InChI is InChI=1S/C11H16N2O2/c1-4-13(5-2)7-9-10(14)6-8(3)12-11(9)15/h6-7H,4-5H2,1-3H3,(H,12,15)/b9-7+. The van der Waals surface area contributed by atoms with Crippen molar-refractivity contribution in [3.8, 4) is 0 Å². The minimum atomic E-state index is -0.313. The molecule has 4 nitrogen and oxygen atoms in total. The highest BCUT2D eigenvalue weighted by Gasteiger charge is 2.22. The van der Waals surface area contributed by atoms with Crippen molar-refractivity contribution >= 4 is 11.7 Å². The van der Waals surface area contributed by atoms with Crippen LogP contribution in [0.3, 0.4) is 0 Å². The molecule has 1 aliphatic heterocycles. The van der Waals surface area contributed by atoms with Gasteiger partial charge in [-0.3, -0.25) is 9.59 Å². The van der Waals surface area contributed by atoms with Crippen molar-refractivity contribution < 1.29 is 9.59 Å². The lowest BCUT2D eigenvalue weighted by Crippen LogP contribution is -2.33. The Balaban J connectivity index is 2.95. The Labute approximate surface area is 89.6 Å². The van der Waals surface area contributed by atoms with E-state index >= 15 is 0 Å². The van der Waals surface area contributed by atoms with E-state index < -0.39 is 0 Å². The lowest BCUT2D eigenvalue weighted by atomic mass is 10.1. The predicted octanol–water partition coefficient (Wildman–Crippen LogP) is 0.815. The molecule has 4 heteroatoms. The van der Waals surface area contributed by atoms with Gasteiger partial charge in [-0.25, -0.2) is 0 Å². The molecule has 1 aliphatic rings. The summed E-state index contributed by atoms with van der Waals surface area (Å²) in [5.41, 5.74) is 0.811. The van der Waals surface area contributed by atoms with Crippen LogP contribution in [0.25, 0.3) is 0 Å². The first-order valence-corrected chi connectivity index (χ1v) is 5.08. The van der Waals surface area contributed by atoms with E-state index in [0.29, 0.717) is 5.70 Å². The SMILES string of the molecule is CCN(/C=C1\C(=O)C=C(C)NC1=O)CC. The van der Waals surface area contributed by atoms with Gasteiger partial charge in [-0.15, -0.1) is 0 Å². The van der Waals surface area contributed by atoms with Gasteiger partial charge in [-0.2, -0.15) is 0 Å². The summed E-state index contributed by atoms with van der Waals surface area (Å²) in [5, 5.41) is 2.62. The van der Waals surface area contributed by atoms with Crippen LogP contribution in [0.4, 0.5) is 0 Å². The van der Waals surface area contributed by atoms with E-state index in [-0.39, 0.29) is 17.3 Å². The molecule has 0 aliphatic carbocycles. The number of nitrogens with zero attached hydrogens (tertiary/aromatic N) is 1. The molecule has 0 saturated carbocycles. The second-order valence-corrected chi connectivity index (χ2v) is 3.41. The van der Waals surface area contributed by atoms with Crippen molar-refractivity contribution in [1.82, 2.24) is 10.2 Å². The summed E-state index contributed by atoms with van der Waals surface area (Å²) < 4.78 is 0. The van der Waals surface area contributed by atoms with Gasteiger partial charge in [0.2, 0.25) is 0 Å². The maximum absolute atomic E-state index is 11.6. The monoisotopic (exact) mass is 208 g/mol. The highest BCUT2D eigenvalue weighted by molar-refractivity contribution is 6.25. The molecule has 0 unspecified atom stereocenters. The van der Waals surface area contributed by atoms with Gasteiger partial charge in [-0.05, 0) is 20.8 Å². The van der Waals surface area contributed by atoms with Crippen molar-refractivity contribution in [1.29, 1.82) is 0 Å². The number of hydrogen-bond donors (Lipinski definition) is 1. The quantitative estimate of drug-likeness (QED) is 0.551. The van der Waals surface area contributed by atoms with Crippen LogP contribution in [0.15, 0.2) is 23.5 Å². The number of carbonyl (C=O) groups excluding carboxylic acids is 2. The van der Waals surface area contributed by atoms with Gasteiger partial charge in [0.25, 0.3) is 5.91 Å². The Morgan fingerprint density at radius 3 is 2.40 bits per heavy atom. The summed E-state index contributed by atoms with van der Waals surface area (Å²) in [4.78, 5) is 25.0. The molecule has 15 heavy (non-hydrogen) atoms. The molecule has 1 amide bonds. The summed E-state index contributed by atoms with van der Waals surface area (Å²) in [7, 11) is 0. The van der Waals surface area contributed by atoms with E-state index in [4.69, 9.17) is 0 Å². The lowest BCUT2D eigenvalue weighted by Gasteiger charge is -2.19. The zero-order valence-electron chi connectivity index (χ0n) is 9.33. The summed E-state index contributed by atoms with van der Waals surface area (Å²) in [6.07, 6.45) is 3.07. The van der Waals surface area contributed by atoms with Crippen molar-refractivity contribution in [2.75, 3.05) is 13.1 Å². The fraction of sp³-hybridized carbons (Fsp3) is 0.455. The van der Waals surface area contributed by atoms with Crippen LogP contribution in [0.1, 0.15) is 20.8 Å². The zero-order chi connectivity index (χ0) is 11.4. The van der Waals surface area contributed by atoms with E-state index in [1.165, 1.54) is 6.08 Å². The van der Waals surface area contributed by atoms with Gasteiger partial charge in [0.1, 0.15) is 5.57 Å². The van der Waals surface area contributed by atoms with Crippen LogP contribution in [0.2, 0.25) is 0 Å². The molecule has 0 atom stereocenters. The Hall–Kier alpha value is -1.58. The van der Waals surface area contributed by atoms with Gasteiger partial charge in [-0.1, -0.05) is 0 Å². The number of ketones is 1. The number of nitrogens with one attached hydrogen (secondary N) is 1. The maximum Gasteiger partial charge on any atom is 0.260 e. The summed E-state index contributed by atoms with van der Waals surface area (Å²) in [5.74, 6) is -0.532. The van der Waals surface area contributed by atoms with Crippen LogP contribution < -0.4 is 5.32 Å². The number of allylic oxidation sites excluding steroid dienone is 2. The topological polar surface area (TPSA) is 49.4 Å². The lowest BCUT2D eigenvalue weighted by molar-refractivity contribution is -0.121. The molecular formula is C11H16N2O2. The van der Waals surface area contributed by atoms with Gasteiger partial charge in [0, 0.05) is 31.1 Å². The van der Waals surface area contributed by atoms with E-state index in [1.54, 1.807) is 13.1 Å². The molecule has 0 saturated heterocycles. The molecular weight excluding hydrogens is 192 g/mol. The first-order chi connectivity index (χ1) is 7.08. The smallest absolute Gasteiger partial charge is 0.260 e. The van der Waals surface area contributed by atoms with Crippen LogP contribution in [0, 0.1) is 0 Å². The Morgan fingerprint density at radius 1 is 1.33 bits per heavy atom. The van der Waals surface area contributed by atoms with Crippen molar-refractivity contribution in [2.24, 2.45) is 0 Å². The van der Waals surface area contributed by atoms with Gasteiger partial charge in [0.05, 0.1) is 0 Å². The predicted molar refractivity (Wildman–Crippen MR) is 57.9 cm³/mol. The maximum atomic E-state index is 11.6. The fourth-order valence-corrected chi connectivity index (χ4v) is 1.38. The van der Waals surface area contributed by atoms with E-state index in [0.717, 1.165) is 13.1 Å².